The topological polar surface area (TPSA) is 46.3 Å². The van der Waals surface area contributed by atoms with Crippen molar-refractivity contribution in [3.8, 4) is 0 Å². The fraction of sp³-hybridized carbons (Fsp3) is 0.385. The number of hydrogen-bond donors (Lipinski definition) is 0. The fourth-order valence-electron chi connectivity index (χ4n) is 1.78. The quantitative estimate of drug-likeness (QED) is 0.795. The average molecular weight is 232 g/mol. The predicted octanol–water partition coefficient (Wildman–Crippen LogP) is 2.63. The summed E-state index contributed by atoms with van der Waals surface area (Å²) in [5.74, 6) is 0.240. The Hall–Kier alpha value is -1.84. The molecule has 17 heavy (non-hydrogen) atoms. The van der Waals surface area contributed by atoms with Crippen LogP contribution in [0.3, 0.4) is 0 Å². The predicted molar refractivity (Wildman–Crippen MR) is 67.2 cm³/mol. The lowest BCUT2D eigenvalue weighted by Crippen LogP contribution is -2.18. The number of carbonyl (C=O) groups is 1. The van der Waals surface area contributed by atoms with Gasteiger partial charge < -0.3 is 14.1 Å². The minimum Gasteiger partial charge on any atom is -0.443 e. The van der Waals surface area contributed by atoms with Crippen molar-refractivity contribution in [1.82, 2.24) is 4.98 Å². The number of fused-ring (bicyclic) bond motifs is 1. The minimum atomic E-state index is 0.240. The number of ketones is 1. The van der Waals surface area contributed by atoms with Crippen LogP contribution in [-0.2, 0) is 4.79 Å². The van der Waals surface area contributed by atoms with Crippen LogP contribution in [0.5, 0.6) is 0 Å². The van der Waals surface area contributed by atoms with Crippen LogP contribution < -0.4 is 4.90 Å². The van der Waals surface area contributed by atoms with Gasteiger partial charge in [0, 0.05) is 31.8 Å². The third-order valence-corrected chi connectivity index (χ3v) is 2.78. The maximum absolute atomic E-state index is 10.9. The highest BCUT2D eigenvalue weighted by molar-refractivity contribution is 5.77. The van der Waals surface area contributed by atoms with Gasteiger partial charge in [-0.25, -0.2) is 4.98 Å². The Morgan fingerprint density at radius 1 is 1.47 bits per heavy atom. The molecular formula is C13H16N2O2. The normalized spacial score (nSPS) is 10.7. The molecule has 4 nitrogen and oxygen atoms in total. The van der Waals surface area contributed by atoms with Crippen LogP contribution in [0.15, 0.2) is 29.0 Å². The van der Waals surface area contributed by atoms with E-state index in [1.165, 1.54) is 6.39 Å². The Morgan fingerprint density at radius 2 is 2.29 bits per heavy atom. The highest BCUT2D eigenvalue weighted by atomic mass is 16.3. The smallest absolute Gasteiger partial charge is 0.181 e. The van der Waals surface area contributed by atoms with E-state index >= 15 is 0 Å². The van der Waals surface area contributed by atoms with Gasteiger partial charge in [0.25, 0.3) is 0 Å². The molecule has 0 bridgehead atoms. The van der Waals surface area contributed by atoms with E-state index in [4.69, 9.17) is 4.42 Å². The zero-order valence-corrected chi connectivity index (χ0v) is 10.1. The first-order valence-corrected chi connectivity index (χ1v) is 5.70. The summed E-state index contributed by atoms with van der Waals surface area (Å²) >= 11 is 0. The monoisotopic (exact) mass is 232 g/mol. The van der Waals surface area contributed by atoms with Crippen LogP contribution in [-0.4, -0.2) is 24.4 Å². The zero-order chi connectivity index (χ0) is 12.3. The van der Waals surface area contributed by atoms with Gasteiger partial charge in [0.1, 0.15) is 11.3 Å². The Morgan fingerprint density at radius 3 is 3.06 bits per heavy atom. The number of oxazole rings is 1. The van der Waals surface area contributed by atoms with Crippen molar-refractivity contribution < 1.29 is 9.21 Å². The van der Waals surface area contributed by atoms with Gasteiger partial charge in [-0.15, -0.1) is 0 Å². The third kappa shape index (κ3) is 2.84. The van der Waals surface area contributed by atoms with Crippen molar-refractivity contribution in [2.24, 2.45) is 0 Å². The molecule has 0 aliphatic rings. The molecule has 0 aliphatic carbocycles. The van der Waals surface area contributed by atoms with E-state index in [2.05, 4.69) is 9.88 Å². The SMILES string of the molecule is CC(=O)CCCN(C)c1ccc2ncoc2c1. The van der Waals surface area contributed by atoms with Gasteiger partial charge in [0.15, 0.2) is 12.0 Å². The Labute approximate surface area is 100 Å². The molecule has 0 amide bonds. The maximum atomic E-state index is 10.9. The number of hydrogen-bond acceptors (Lipinski definition) is 4. The average Bonchev–Trinajstić information content (AvgIpc) is 2.75. The van der Waals surface area contributed by atoms with Gasteiger partial charge in [-0.3, -0.25) is 0 Å². The van der Waals surface area contributed by atoms with Crippen molar-refractivity contribution in [1.29, 1.82) is 0 Å². The number of anilines is 1. The molecule has 90 valence electrons. The summed E-state index contributed by atoms with van der Waals surface area (Å²) in [6.07, 6.45) is 2.96. The standard InChI is InChI=1S/C13H16N2O2/c1-10(16)4-3-7-15(2)11-5-6-12-13(8-11)17-9-14-12/h5-6,8-9H,3-4,7H2,1-2H3. The Balaban J connectivity index is 2.02. The van der Waals surface area contributed by atoms with Gasteiger partial charge >= 0.3 is 0 Å². The molecule has 0 saturated heterocycles. The lowest BCUT2D eigenvalue weighted by atomic mass is 10.2. The summed E-state index contributed by atoms with van der Waals surface area (Å²) in [5.41, 5.74) is 2.74. The van der Waals surface area contributed by atoms with Crippen LogP contribution in [0.4, 0.5) is 5.69 Å². The zero-order valence-electron chi connectivity index (χ0n) is 10.1. The molecule has 2 rings (SSSR count). The summed E-state index contributed by atoms with van der Waals surface area (Å²) in [6.45, 7) is 2.49. The van der Waals surface area contributed by atoms with Crippen LogP contribution in [0.2, 0.25) is 0 Å². The largest absolute Gasteiger partial charge is 0.443 e. The summed E-state index contributed by atoms with van der Waals surface area (Å²) in [5, 5.41) is 0. The number of Topliss-reactive ketones (excluding diaryl/α,β-unsaturated/α-hetero) is 1. The molecule has 0 N–H and O–H groups in total. The molecule has 2 aromatic rings. The molecule has 0 aliphatic heterocycles. The second-order valence-electron chi connectivity index (χ2n) is 4.23. The first-order chi connectivity index (χ1) is 8.16. The molecule has 1 heterocycles. The van der Waals surface area contributed by atoms with Crippen molar-refractivity contribution in [2.75, 3.05) is 18.5 Å². The van der Waals surface area contributed by atoms with E-state index in [-0.39, 0.29) is 5.78 Å². The third-order valence-electron chi connectivity index (χ3n) is 2.78. The Kier molecular flexibility index (Phi) is 3.42. The maximum Gasteiger partial charge on any atom is 0.181 e. The molecule has 0 saturated carbocycles. The number of benzene rings is 1. The summed E-state index contributed by atoms with van der Waals surface area (Å²) in [7, 11) is 2.01. The van der Waals surface area contributed by atoms with Crippen molar-refractivity contribution in [3.05, 3.63) is 24.6 Å². The highest BCUT2D eigenvalue weighted by Gasteiger charge is 2.05. The number of carbonyl (C=O) groups excluding carboxylic acids is 1. The van der Waals surface area contributed by atoms with Crippen molar-refractivity contribution in [3.63, 3.8) is 0 Å². The van der Waals surface area contributed by atoms with E-state index in [1.807, 2.05) is 25.2 Å². The molecule has 0 fully saturated rings. The van der Waals surface area contributed by atoms with Gasteiger partial charge in [0.05, 0.1) is 0 Å². The van der Waals surface area contributed by atoms with E-state index in [0.29, 0.717) is 6.42 Å². The lowest BCUT2D eigenvalue weighted by Gasteiger charge is -2.18. The van der Waals surface area contributed by atoms with Crippen LogP contribution >= 0.6 is 0 Å². The van der Waals surface area contributed by atoms with Gasteiger partial charge in [-0.1, -0.05) is 0 Å². The minimum absolute atomic E-state index is 0.240. The summed E-state index contributed by atoms with van der Waals surface area (Å²) in [6, 6.07) is 5.92. The molecule has 0 radical (unpaired) electrons. The fourth-order valence-corrected chi connectivity index (χ4v) is 1.78. The molecular weight excluding hydrogens is 216 g/mol. The van der Waals surface area contributed by atoms with Gasteiger partial charge in [-0.2, -0.15) is 0 Å². The van der Waals surface area contributed by atoms with E-state index in [0.717, 1.165) is 29.8 Å². The highest BCUT2D eigenvalue weighted by Crippen LogP contribution is 2.20. The van der Waals surface area contributed by atoms with Crippen molar-refractivity contribution >= 4 is 22.6 Å². The molecule has 0 unspecified atom stereocenters. The van der Waals surface area contributed by atoms with E-state index < -0.39 is 0 Å². The first-order valence-electron chi connectivity index (χ1n) is 5.70. The van der Waals surface area contributed by atoms with E-state index in [9.17, 15) is 4.79 Å². The molecule has 1 aromatic heterocycles. The molecule has 0 atom stereocenters. The second kappa shape index (κ2) is 4.99. The van der Waals surface area contributed by atoms with Crippen molar-refractivity contribution in [2.45, 2.75) is 19.8 Å². The summed E-state index contributed by atoms with van der Waals surface area (Å²) in [4.78, 5) is 17.1. The number of nitrogens with zero attached hydrogens (tertiary/aromatic N) is 2. The summed E-state index contributed by atoms with van der Waals surface area (Å²) < 4.78 is 5.26. The van der Waals surface area contributed by atoms with Gasteiger partial charge in [0.2, 0.25) is 0 Å². The molecule has 0 spiro atoms. The molecule has 4 heteroatoms. The number of aromatic nitrogens is 1. The lowest BCUT2D eigenvalue weighted by molar-refractivity contribution is -0.117. The van der Waals surface area contributed by atoms with Crippen LogP contribution in [0.25, 0.3) is 11.1 Å². The second-order valence-corrected chi connectivity index (χ2v) is 4.23. The number of rotatable bonds is 5. The van der Waals surface area contributed by atoms with E-state index in [1.54, 1.807) is 6.92 Å². The first kappa shape index (κ1) is 11.6. The Bertz CT molecular complexity index is 519. The van der Waals surface area contributed by atoms with Crippen LogP contribution in [0.1, 0.15) is 19.8 Å². The van der Waals surface area contributed by atoms with Gasteiger partial charge in [-0.05, 0) is 25.5 Å². The molecule has 1 aromatic carbocycles. The van der Waals surface area contributed by atoms with Crippen LogP contribution in [0, 0.1) is 0 Å².